The highest BCUT2D eigenvalue weighted by Crippen LogP contribution is 2.28. The van der Waals surface area contributed by atoms with E-state index >= 15 is 0 Å². The highest BCUT2D eigenvalue weighted by atomic mass is 16.3. The smallest absolute Gasteiger partial charge is 0.255 e. The molecule has 2 N–H and O–H groups in total. The van der Waals surface area contributed by atoms with Gasteiger partial charge in [0.2, 0.25) is 0 Å². The van der Waals surface area contributed by atoms with E-state index in [-0.39, 0.29) is 11.7 Å². The van der Waals surface area contributed by atoms with Crippen LogP contribution < -0.4 is 5.32 Å². The Bertz CT molecular complexity index is 549. The van der Waals surface area contributed by atoms with Crippen LogP contribution >= 0.6 is 0 Å². The number of phenols is 1. The second-order valence-electron chi connectivity index (χ2n) is 3.94. The van der Waals surface area contributed by atoms with E-state index in [1.165, 1.54) is 0 Å². The topological polar surface area (TPSA) is 49.3 Å². The zero-order chi connectivity index (χ0) is 12.3. The Hall–Kier alpha value is -2.03. The van der Waals surface area contributed by atoms with Crippen molar-refractivity contribution in [1.82, 2.24) is 5.32 Å². The summed E-state index contributed by atoms with van der Waals surface area (Å²) < 4.78 is 0. The summed E-state index contributed by atoms with van der Waals surface area (Å²) >= 11 is 0. The van der Waals surface area contributed by atoms with E-state index in [0.29, 0.717) is 17.5 Å². The van der Waals surface area contributed by atoms with Gasteiger partial charge in [0.25, 0.3) is 5.91 Å². The molecule has 0 spiro atoms. The molecule has 0 aliphatic carbocycles. The molecule has 0 heterocycles. The number of carbonyl (C=O) groups is 1. The number of fused-ring (bicyclic) bond motifs is 1. The van der Waals surface area contributed by atoms with Crippen LogP contribution in [0.25, 0.3) is 10.8 Å². The molecule has 0 radical (unpaired) electrons. The van der Waals surface area contributed by atoms with Crippen molar-refractivity contribution in [3.05, 3.63) is 42.0 Å². The van der Waals surface area contributed by atoms with Gasteiger partial charge in [-0.05, 0) is 17.9 Å². The molecule has 0 aromatic heterocycles. The Morgan fingerprint density at radius 1 is 1.24 bits per heavy atom. The lowest BCUT2D eigenvalue weighted by atomic mass is 10.0. The molecule has 0 unspecified atom stereocenters. The molecule has 0 bridgehead atoms. The van der Waals surface area contributed by atoms with Crippen molar-refractivity contribution in [2.24, 2.45) is 0 Å². The molecule has 2 rings (SSSR count). The second kappa shape index (κ2) is 4.87. The zero-order valence-electron chi connectivity index (χ0n) is 9.73. The molecular formula is C14H15NO2. The summed E-state index contributed by atoms with van der Waals surface area (Å²) in [6.07, 6.45) is 0.875. The molecule has 3 nitrogen and oxygen atoms in total. The summed E-state index contributed by atoms with van der Waals surface area (Å²) in [5, 5.41) is 14.4. The Morgan fingerprint density at radius 3 is 2.76 bits per heavy atom. The lowest BCUT2D eigenvalue weighted by molar-refractivity contribution is 0.0951. The van der Waals surface area contributed by atoms with Crippen LogP contribution in [0.1, 0.15) is 23.7 Å². The number of phenolic OH excluding ortho intramolecular Hbond substituents is 1. The maximum absolute atomic E-state index is 11.8. The van der Waals surface area contributed by atoms with E-state index in [9.17, 15) is 9.90 Å². The molecular weight excluding hydrogens is 214 g/mol. The fourth-order valence-electron chi connectivity index (χ4n) is 1.77. The fraction of sp³-hybridized carbons (Fsp3) is 0.214. The van der Waals surface area contributed by atoms with Crippen LogP contribution in [0, 0.1) is 0 Å². The maximum atomic E-state index is 11.8. The average Bonchev–Trinajstić information content (AvgIpc) is 2.37. The van der Waals surface area contributed by atoms with Crippen molar-refractivity contribution in [3.63, 3.8) is 0 Å². The van der Waals surface area contributed by atoms with Crippen LogP contribution in [0.3, 0.4) is 0 Å². The molecule has 17 heavy (non-hydrogen) atoms. The van der Waals surface area contributed by atoms with E-state index < -0.39 is 0 Å². The van der Waals surface area contributed by atoms with Crippen LogP contribution in [0.5, 0.6) is 5.75 Å². The van der Waals surface area contributed by atoms with Crippen molar-refractivity contribution in [3.8, 4) is 5.75 Å². The number of hydrogen-bond donors (Lipinski definition) is 2. The summed E-state index contributed by atoms with van der Waals surface area (Å²) in [4.78, 5) is 11.8. The number of aromatic hydroxyl groups is 1. The Labute approximate surface area is 100 Å². The highest BCUT2D eigenvalue weighted by molar-refractivity contribution is 6.03. The zero-order valence-corrected chi connectivity index (χ0v) is 9.73. The lowest BCUT2D eigenvalue weighted by Gasteiger charge is -2.08. The van der Waals surface area contributed by atoms with Gasteiger partial charge in [-0.1, -0.05) is 37.3 Å². The molecule has 0 aliphatic rings. The third kappa shape index (κ3) is 2.23. The van der Waals surface area contributed by atoms with Crippen LogP contribution in [0.15, 0.2) is 36.4 Å². The number of nitrogens with one attached hydrogen (secondary N) is 1. The van der Waals surface area contributed by atoms with Crippen molar-refractivity contribution in [2.75, 3.05) is 6.54 Å². The van der Waals surface area contributed by atoms with E-state index in [4.69, 9.17) is 0 Å². The predicted molar refractivity (Wildman–Crippen MR) is 68.2 cm³/mol. The quantitative estimate of drug-likeness (QED) is 0.850. The number of carbonyl (C=O) groups excluding carboxylic acids is 1. The van der Waals surface area contributed by atoms with E-state index in [2.05, 4.69) is 5.32 Å². The standard InChI is InChI=1S/C14H15NO2/c1-2-9-15-14(17)12-8-7-10-5-3-4-6-11(10)13(12)16/h3-8,16H,2,9H2,1H3,(H,15,17). The predicted octanol–water partition coefficient (Wildman–Crippen LogP) is 2.69. The van der Waals surface area contributed by atoms with Crippen LogP contribution in [-0.2, 0) is 0 Å². The van der Waals surface area contributed by atoms with Gasteiger partial charge in [-0.25, -0.2) is 0 Å². The minimum Gasteiger partial charge on any atom is -0.506 e. The molecule has 2 aromatic rings. The summed E-state index contributed by atoms with van der Waals surface area (Å²) in [5.74, 6) is -0.174. The Balaban J connectivity index is 2.42. The summed E-state index contributed by atoms with van der Waals surface area (Å²) in [5.41, 5.74) is 0.331. The second-order valence-corrected chi connectivity index (χ2v) is 3.94. The number of hydrogen-bond acceptors (Lipinski definition) is 2. The van der Waals surface area contributed by atoms with Crippen LogP contribution in [-0.4, -0.2) is 17.6 Å². The summed E-state index contributed by atoms with van der Waals surface area (Å²) in [6, 6.07) is 11.0. The first-order chi connectivity index (χ1) is 8.24. The molecule has 0 fully saturated rings. The van der Waals surface area contributed by atoms with Gasteiger partial charge in [-0.3, -0.25) is 4.79 Å². The largest absolute Gasteiger partial charge is 0.506 e. The van der Waals surface area contributed by atoms with Gasteiger partial charge in [0.1, 0.15) is 5.75 Å². The molecule has 2 aromatic carbocycles. The number of rotatable bonds is 3. The highest BCUT2D eigenvalue weighted by Gasteiger charge is 2.12. The fourth-order valence-corrected chi connectivity index (χ4v) is 1.77. The average molecular weight is 229 g/mol. The Morgan fingerprint density at radius 2 is 2.00 bits per heavy atom. The van der Waals surface area contributed by atoms with Gasteiger partial charge in [0, 0.05) is 11.9 Å². The molecule has 0 atom stereocenters. The molecule has 0 aliphatic heterocycles. The monoisotopic (exact) mass is 229 g/mol. The number of benzene rings is 2. The minimum absolute atomic E-state index is 0.0525. The van der Waals surface area contributed by atoms with Crippen LogP contribution in [0.4, 0.5) is 0 Å². The molecule has 0 saturated heterocycles. The van der Waals surface area contributed by atoms with Gasteiger partial charge in [-0.15, -0.1) is 0 Å². The summed E-state index contributed by atoms with van der Waals surface area (Å²) in [6.45, 7) is 2.60. The van der Waals surface area contributed by atoms with Crippen molar-refractivity contribution >= 4 is 16.7 Å². The van der Waals surface area contributed by atoms with Gasteiger partial charge in [0.05, 0.1) is 5.56 Å². The van der Waals surface area contributed by atoms with Crippen molar-refractivity contribution < 1.29 is 9.90 Å². The third-order valence-electron chi connectivity index (χ3n) is 2.68. The molecule has 88 valence electrons. The number of amides is 1. The minimum atomic E-state index is -0.227. The maximum Gasteiger partial charge on any atom is 0.255 e. The third-order valence-corrected chi connectivity index (χ3v) is 2.68. The van der Waals surface area contributed by atoms with E-state index in [1.54, 1.807) is 12.1 Å². The molecule has 1 amide bonds. The Kier molecular flexibility index (Phi) is 3.28. The van der Waals surface area contributed by atoms with E-state index in [0.717, 1.165) is 11.8 Å². The van der Waals surface area contributed by atoms with Crippen LogP contribution in [0.2, 0.25) is 0 Å². The summed E-state index contributed by atoms with van der Waals surface area (Å²) in [7, 11) is 0. The van der Waals surface area contributed by atoms with Gasteiger partial charge < -0.3 is 10.4 Å². The van der Waals surface area contributed by atoms with Gasteiger partial charge in [-0.2, -0.15) is 0 Å². The van der Waals surface area contributed by atoms with E-state index in [1.807, 2.05) is 31.2 Å². The lowest BCUT2D eigenvalue weighted by Crippen LogP contribution is -2.23. The SMILES string of the molecule is CCCNC(=O)c1ccc2ccccc2c1O. The van der Waals surface area contributed by atoms with Crippen molar-refractivity contribution in [2.45, 2.75) is 13.3 Å². The van der Waals surface area contributed by atoms with Gasteiger partial charge >= 0.3 is 0 Å². The first kappa shape index (κ1) is 11.5. The molecule has 3 heteroatoms. The van der Waals surface area contributed by atoms with Crippen molar-refractivity contribution in [1.29, 1.82) is 0 Å². The molecule has 0 saturated carbocycles. The first-order valence-corrected chi connectivity index (χ1v) is 5.73. The normalized spacial score (nSPS) is 10.4. The first-order valence-electron chi connectivity index (χ1n) is 5.73. The van der Waals surface area contributed by atoms with Gasteiger partial charge in [0.15, 0.2) is 0 Å².